The van der Waals surface area contributed by atoms with Gasteiger partial charge in [0, 0.05) is 17.5 Å². The minimum atomic E-state index is -0.706. The number of amides is 1. The van der Waals surface area contributed by atoms with E-state index in [1.165, 1.54) is 17.4 Å². The van der Waals surface area contributed by atoms with Gasteiger partial charge in [-0.15, -0.1) is 0 Å². The fourth-order valence-corrected chi connectivity index (χ4v) is 3.60. The number of anilines is 1. The topological polar surface area (TPSA) is 103 Å². The zero-order chi connectivity index (χ0) is 18.4. The minimum Gasteiger partial charge on any atom is -0.454 e. The minimum absolute atomic E-state index is 0.0944. The van der Waals surface area contributed by atoms with Crippen molar-refractivity contribution in [3.63, 3.8) is 0 Å². The van der Waals surface area contributed by atoms with Gasteiger partial charge in [0.25, 0.3) is 5.91 Å². The van der Waals surface area contributed by atoms with Gasteiger partial charge in [0.2, 0.25) is 11.9 Å². The molecule has 0 unspecified atom stereocenters. The maximum absolute atomic E-state index is 12.4. The van der Waals surface area contributed by atoms with Crippen LogP contribution in [-0.2, 0) is 0 Å². The Morgan fingerprint density at radius 1 is 1.11 bits per heavy atom. The third-order valence-electron chi connectivity index (χ3n) is 4.05. The number of thiazole rings is 1. The van der Waals surface area contributed by atoms with E-state index >= 15 is 0 Å². The number of rotatable bonds is 3. The van der Waals surface area contributed by atoms with E-state index < -0.39 is 11.5 Å². The number of hydrazine groups is 1. The normalized spacial score (nSPS) is 12.4. The van der Waals surface area contributed by atoms with E-state index in [1.54, 1.807) is 30.3 Å². The molecule has 1 aliphatic rings. The number of carbonyl (C=O) groups excluding carboxylic acids is 1. The highest BCUT2D eigenvalue weighted by Crippen LogP contribution is 2.38. The SMILES string of the molecule is O=C(NNc1nc2cc3c(cc2s1)OCO3)c1cc2ccccc2oc1=O. The number of nitrogens with zero attached hydrogens (tertiary/aromatic N) is 1. The average molecular weight is 381 g/mol. The molecule has 8 nitrogen and oxygen atoms in total. The molecule has 9 heteroatoms. The molecule has 0 fully saturated rings. The van der Waals surface area contributed by atoms with Crippen molar-refractivity contribution in [2.75, 3.05) is 12.2 Å². The summed E-state index contributed by atoms with van der Waals surface area (Å²) in [6, 6.07) is 12.1. The fourth-order valence-electron chi connectivity index (χ4n) is 2.77. The molecule has 3 heterocycles. The Kier molecular flexibility index (Phi) is 3.47. The van der Waals surface area contributed by atoms with Gasteiger partial charge in [-0.1, -0.05) is 29.5 Å². The number of carbonyl (C=O) groups is 1. The molecule has 27 heavy (non-hydrogen) atoms. The molecule has 2 aromatic carbocycles. The van der Waals surface area contributed by atoms with Crippen molar-refractivity contribution >= 4 is 43.6 Å². The first kappa shape index (κ1) is 15.6. The average Bonchev–Trinajstić information content (AvgIpc) is 3.28. The summed E-state index contributed by atoms with van der Waals surface area (Å²) in [6.45, 7) is 0.197. The molecule has 0 bridgehead atoms. The molecule has 2 aromatic heterocycles. The Hall–Kier alpha value is -3.59. The van der Waals surface area contributed by atoms with Crippen LogP contribution in [0, 0.1) is 0 Å². The van der Waals surface area contributed by atoms with Gasteiger partial charge in [0.15, 0.2) is 11.5 Å². The van der Waals surface area contributed by atoms with Gasteiger partial charge in [0.1, 0.15) is 11.1 Å². The number of fused-ring (bicyclic) bond motifs is 3. The van der Waals surface area contributed by atoms with Crippen LogP contribution in [0.1, 0.15) is 10.4 Å². The van der Waals surface area contributed by atoms with Crippen LogP contribution in [0.2, 0.25) is 0 Å². The van der Waals surface area contributed by atoms with Crippen molar-refractivity contribution in [1.29, 1.82) is 0 Å². The number of benzene rings is 2. The van der Waals surface area contributed by atoms with Gasteiger partial charge in [0.05, 0.1) is 10.2 Å². The molecule has 0 aliphatic carbocycles. The number of para-hydroxylation sites is 1. The third-order valence-corrected chi connectivity index (χ3v) is 4.99. The summed E-state index contributed by atoms with van der Waals surface area (Å²) in [5.74, 6) is 0.690. The molecule has 0 saturated heterocycles. The summed E-state index contributed by atoms with van der Waals surface area (Å²) in [6.07, 6.45) is 0. The smallest absolute Gasteiger partial charge is 0.349 e. The molecule has 0 spiro atoms. The van der Waals surface area contributed by atoms with Crippen LogP contribution in [0.3, 0.4) is 0 Å². The van der Waals surface area contributed by atoms with E-state index in [-0.39, 0.29) is 12.4 Å². The second-order valence-electron chi connectivity index (χ2n) is 5.76. The maximum Gasteiger partial charge on any atom is 0.349 e. The summed E-state index contributed by atoms with van der Waals surface area (Å²) in [5.41, 5.74) is 5.54. The largest absolute Gasteiger partial charge is 0.454 e. The fraction of sp³-hybridized carbons (Fsp3) is 0.0556. The van der Waals surface area contributed by atoms with Gasteiger partial charge in [-0.3, -0.25) is 15.6 Å². The van der Waals surface area contributed by atoms with Crippen molar-refractivity contribution < 1.29 is 18.7 Å². The number of hydrogen-bond acceptors (Lipinski definition) is 8. The standard InChI is InChI=1S/C18H11N3O5S/c22-16(10-5-9-3-1-2-4-12(9)26-17(10)23)20-21-18-19-11-6-13-14(25-8-24-13)7-15(11)27-18/h1-7H,8H2,(H,19,21)(H,20,22). The highest BCUT2D eigenvalue weighted by molar-refractivity contribution is 7.22. The van der Waals surface area contributed by atoms with Crippen LogP contribution in [0.4, 0.5) is 5.13 Å². The van der Waals surface area contributed by atoms with Gasteiger partial charge in [-0.05, 0) is 12.1 Å². The molecular formula is C18H11N3O5S. The van der Waals surface area contributed by atoms with E-state index in [0.29, 0.717) is 33.1 Å². The zero-order valence-electron chi connectivity index (χ0n) is 13.6. The van der Waals surface area contributed by atoms with E-state index in [4.69, 9.17) is 13.9 Å². The highest BCUT2D eigenvalue weighted by Gasteiger charge is 2.17. The number of ether oxygens (including phenoxy) is 2. The second kappa shape index (κ2) is 5.99. The highest BCUT2D eigenvalue weighted by atomic mass is 32.1. The van der Waals surface area contributed by atoms with Gasteiger partial charge in [-0.2, -0.15) is 0 Å². The van der Waals surface area contributed by atoms with Crippen LogP contribution in [0.5, 0.6) is 11.5 Å². The van der Waals surface area contributed by atoms with E-state index in [1.807, 2.05) is 6.07 Å². The van der Waals surface area contributed by atoms with Crippen molar-refractivity contribution in [1.82, 2.24) is 10.4 Å². The molecule has 5 rings (SSSR count). The predicted molar refractivity (Wildman–Crippen MR) is 99.3 cm³/mol. The molecule has 0 radical (unpaired) electrons. The summed E-state index contributed by atoms with van der Waals surface area (Å²) >= 11 is 1.33. The van der Waals surface area contributed by atoms with Crippen molar-refractivity contribution in [2.45, 2.75) is 0 Å². The van der Waals surface area contributed by atoms with Crippen molar-refractivity contribution in [3.05, 3.63) is 58.4 Å². The van der Waals surface area contributed by atoms with Crippen molar-refractivity contribution in [3.8, 4) is 11.5 Å². The summed E-state index contributed by atoms with van der Waals surface area (Å²) in [5, 5.41) is 1.13. The Morgan fingerprint density at radius 3 is 2.81 bits per heavy atom. The quantitative estimate of drug-likeness (QED) is 0.415. The van der Waals surface area contributed by atoms with Crippen LogP contribution in [-0.4, -0.2) is 17.7 Å². The lowest BCUT2D eigenvalue weighted by Crippen LogP contribution is -2.32. The molecule has 134 valence electrons. The number of aromatic nitrogens is 1. The number of nitrogens with one attached hydrogen (secondary N) is 2. The van der Waals surface area contributed by atoms with Crippen LogP contribution < -0.4 is 26.0 Å². The van der Waals surface area contributed by atoms with Crippen molar-refractivity contribution in [2.24, 2.45) is 0 Å². The summed E-state index contributed by atoms with van der Waals surface area (Å²) in [7, 11) is 0. The Morgan fingerprint density at radius 2 is 1.93 bits per heavy atom. The monoisotopic (exact) mass is 381 g/mol. The molecule has 0 saturated carbocycles. The Balaban J connectivity index is 1.38. The summed E-state index contributed by atoms with van der Waals surface area (Å²) in [4.78, 5) is 28.8. The zero-order valence-corrected chi connectivity index (χ0v) is 14.5. The van der Waals surface area contributed by atoms with Gasteiger partial charge < -0.3 is 13.9 Å². The van der Waals surface area contributed by atoms with Gasteiger partial charge >= 0.3 is 5.63 Å². The Labute approximate surface area is 155 Å². The molecule has 0 atom stereocenters. The van der Waals surface area contributed by atoms with Gasteiger partial charge in [-0.25, -0.2) is 9.78 Å². The predicted octanol–water partition coefficient (Wildman–Crippen LogP) is 2.89. The lowest BCUT2D eigenvalue weighted by atomic mass is 10.2. The van der Waals surface area contributed by atoms with Crippen LogP contribution in [0.15, 0.2) is 51.7 Å². The van der Waals surface area contributed by atoms with Crippen LogP contribution >= 0.6 is 11.3 Å². The maximum atomic E-state index is 12.4. The Bertz CT molecular complexity index is 1220. The molecule has 2 N–H and O–H groups in total. The van der Waals surface area contributed by atoms with E-state index in [0.717, 1.165) is 4.70 Å². The summed E-state index contributed by atoms with van der Waals surface area (Å²) < 4.78 is 16.7. The second-order valence-corrected chi connectivity index (χ2v) is 6.79. The molecular weight excluding hydrogens is 370 g/mol. The number of hydrogen-bond donors (Lipinski definition) is 2. The molecule has 1 aliphatic heterocycles. The molecule has 4 aromatic rings. The lowest BCUT2D eigenvalue weighted by molar-refractivity contribution is 0.0959. The van der Waals surface area contributed by atoms with E-state index in [9.17, 15) is 9.59 Å². The van der Waals surface area contributed by atoms with E-state index in [2.05, 4.69) is 15.8 Å². The first-order valence-electron chi connectivity index (χ1n) is 7.97. The third kappa shape index (κ3) is 2.74. The lowest BCUT2D eigenvalue weighted by Gasteiger charge is -2.05. The first-order valence-corrected chi connectivity index (χ1v) is 8.78. The first-order chi connectivity index (χ1) is 13.2. The van der Waals surface area contributed by atoms with Crippen LogP contribution in [0.25, 0.3) is 21.2 Å². The molecule has 1 amide bonds.